The van der Waals surface area contributed by atoms with E-state index in [1.54, 1.807) is 12.3 Å². The van der Waals surface area contributed by atoms with Crippen LogP contribution in [-0.2, 0) is 0 Å². The van der Waals surface area contributed by atoms with E-state index in [0.717, 1.165) is 4.47 Å². The highest BCUT2D eigenvalue weighted by atomic mass is 79.9. The summed E-state index contributed by atoms with van der Waals surface area (Å²) in [6.07, 6.45) is 1.66. The van der Waals surface area contributed by atoms with Gasteiger partial charge in [0.15, 0.2) is 5.82 Å². The Balaban J connectivity index is 3.00. The zero-order valence-corrected chi connectivity index (χ0v) is 7.32. The number of pyridine rings is 1. The Morgan fingerprint density at radius 1 is 1.60 bits per heavy atom. The van der Waals surface area contributed by atoms with Crippen molar-refractivity contribution in [1.29, 1.82) is 0 Å². The summed E-state index contributed by atoms with van der Waals surface area (Å²) in [6, 6.07) is 3.60. The monoisotopic (exact) mass is 214 g/mol. The highest BCUT2D eigenvalue weighted by Crippen LogP contribution is 2.11. The van der Waals surface area contributed by atoms with Gasteiger partial charge in [-0.15, -0.1) is 0 Å². The van der Waals surface area contributed by atoms with E-state index in [2.05, 4.69) is 43.3 Å². The molecule has 1 aromatic rings. The molecule has 0 unspecified atom stereocenters. The molecular weight excluding hydrogens is 212 g/mol. The summed E-state index contributed by atoms with van der Waals surface area (Å²) >= 11 is 7.64. The Morgan fingerprint density at radius 3 is 2.90 bits per heavy atom. The molecule has 0 N–H and O–H groups in total. The number of hydrogen-bond donors (Lipinski definition) is 0. The van der Waals surface area contributed by atoms with Crippen LogP contribution in [0.2, 0.25) is 0 Å². The van der Waals surface area contributed by atoms with Crippen molar-refractivity contribution in [1.82, 2.24) is 4.98 Å². The first kappa shape index (κ1) is 7.54. The summed E-state index contributed by atoms with van der Waals surface area (Å²) < 4.78 is 0.927. The van der Waals surface area contributed by atoms with Crippen LogP contribution in [-0.4, -0.2) is 10.1 Å². The number of hydrogen-bond acceptors (Lipinski definition) is 3. The highest BCUT2D eigenvalue weighted by molar-refractivity contribution is 9.10. The van der Waals surface area contributed by atoms with Gasteiger partial charge in [-0.25, -0.2) is 4.98 Å². The maximum atomic E-state index is 4.40. The van der Waals surface area contributed by atoms with E-state index in [-0.39, 0.29) is 0 Å². The molecule has 50 valence electrons. The number of rotatable bonds is 1. The van der Waals surface area contributed by atoms with Gasteiger partial charge >= 0.3 is 0 Å². The first-order valence-electron chi connectivity index (χ1n) is 2.52. The molecular formula is C6H3BrN2S. The summed E-state index contributed by atoms with van der Waals surface area (Å²) in [5.74, 6) is 0.582. The van der Waals surface area contributed by atoms with Gasteiger partial charge in [0.25, 0.3) is 0 Å². The van der Waals surface area contributed by atoms with E-state index in [1.807, 2.05) is 6.07 Å². The minimum Gasteiger partial charge on any atom is -0.235 e. The van der Waals surface area contributed by atoms with Crippen LogP contribution in [0, 0.1) is 0 Å². The van der Waals surface area contributed by atoms with Crippen LogP contribution in [0.3, 0.4) is 0 Å². The van der Waals surface area contributed by atoms with Crippen LogP contribution in [0.5, 0.6) is 0 Å². The molecule has 1 rings (SSSR count). The van der Waals surface area contributed by atoms with Crippen LogP contribution in [0.15, 0.2) is 27.8 Å². The van der Waals surface area contributed by atoms with Crippen LogP contribution in [0.4, 0.5) is 5.82 Å². The van der Waals surface area contributed by atoms with E-state index < -0.39 is 0 Å². The predicted molar refractivity (Wildman–Crippen MR) is 46.6 cm³/mol. The Bertz CT molecular complexity index is 264. The van der Waals surface area contributed by atoms with Gasteiger partial charge in [0.2, 0.25) is 0 Å². The first-order chi connectivity index (χ1) is 4.83. The molecule has 0 aliphatic carbocycles. The second-order valence-electron chi connectivity index (χ2n) is 1.54. The lowest BCUT2D eigenvalue weighted by atomic mass is 10.5. The van der Waals surface area contributed by atoms with Crippen molar-refractivity contribution in [3.05, 3.63) is 22.8 Å². The standard InChI is InChI=1S/C6H3BrN2S/c7-5-1-2-6(8-3-5)9-4-10/h1-3H. The van der Waals surface area contributed by atoms with Crippen molar-refractivity contribution in [3.63, 3.8) is 0 Å². The fourth-order valence-corrected chi connectivity index (χ4v) is 0.809. The molecule has 0 aliphatic rings. The van der Waals surface area contributed by atoms with E-state index in [9.17, 15) is 0 Å². The zero-order valence-electron chi connectivity index (χ0n) is 4.91. The quantitative estimate of drug-likeness (QED) is 0.531. The van der Waals surface area contributed by atoms with Gasteiger partial charge in [-0.3, -0.25) is 0 Å². The number of isothiocyanates is 1. The van der Waals surface area contributed by atoms with Crippen molar-refractivity contribution in [3.8, 4) is 0 Å². The molecule has 10 heavy (non-hydrogen) atoms. The molecule has 0 saturated heterocycles. The maximum Gasteiger partial charge on any atom is 0.162 e. The molecule has 0 fully saturated rings. The fraction of sp³-hybridized carbons (Fsp3) is 0. The number of halogens is 1. The molecule has 4 heteroatoms. The summed E-state index contributed by atoms with van der Waals surface area (Å²) in [5.41, 5.74) is 0. The lowest BCUT2D eigenvalue weighted by Gasteiger charge is -1.88. The fourth-order valence-electron chi connectivity index (χ4n) is 0.481. The summed E-state index contributed by atoms with van der Waals surface area (Å²) in [7, 11) is 0. The van der Waals surface area contributed by atoms with Crippen LogP contribution in [0.1, 0.15) is 0 Å². The summed E-state index contributed by atoms with van der Waals surface area (Å²) in [6.45, 7) is 0. The largest absolute Gasteiger partial charge is 0.235 e. The van der Waals surface area contributed by atoms with Gasteiger partial charge in [-0.2, -0.15) is 4.99 Å². The maximum absolute atomic E-state index is 4.40. The minimum absolute atomic E-state index is 0.582. The minimum atomic E-state index is 0.582. The average Bonchev–Trinajstić information content (AvgIpc) is 1.95. The molecule has 1 heterocycles. The molecule has 0 atom stereocenters. The van der Waals surface area contributed by atoms with Gasteiger partial charge < -0.3 is 0 Å². The third-order valence-electron chi connectivity index (χ3n) is 0.872. The third-order valence-corrected chi connectivity index (χ3v) is 1.43. The van der Waals surface area contributed by atoms with E-state index in [1.165, 1.54) is 0 Å². The average molecular weight is 215 g/mol. The predicted octanol–water partition coefficient (Wildman–Crippen LogP) is 2.58. The number of aliphatic imine (C=N–C) groups is 1. The number of aromatic nitrogens is 1. The SMILES string of the molecule is S=C=Nc1ccc(Br)cn1. The Kier molecular flexibility index (Phi) is 2.68. The zero-order chi connectivity index (χ0) is 7.40. The molecule has 2 nitrogen and oxygen atoms in total. The third kappa shape index (κ3) is 1.99. The molecule has 1 aromatic heterocycles. The molecule has 0 radical (unpaired) electrons. The molecule has 0 bridgehead atoms. The summed E-state index contributed by atoms with van der Waals surface area (Å²) in [4.78, 5) is 7.61. The van der Waals surface area contributed by atoms with Crippen molar-refractivity contribution in [2.75, 3.05) is 0 Å². The first-order valence-corrected chi connectivity index (χ1v) is 3.72. The number of thiocarbonyl (C=S) groups is 1. The second-order valence-corrected chi connectivity index (χ2v) is 2.64. The molecule has 0 saturated carbocycles. The highest BCUT2D eigenvalue weighted by Gasteiger charge is 1.87. The summed E-state index contributed by atoms with van der Waals surface area (Å²) in [5, 5.41) is 2.23. The molecule has 0 aromatic carbocycles. The Labute approximate surface area is 72.1 Å². The van der Waals surface area contributed by atoms with Gasteiger partial charge in [-0.1, -0.05) is 0 Å². The smallest absolute Gasteiger partial charge is 0.162 e. The lowest BCUT2D eigenvalue weighted by Crippen LogP contribution is -1.70. The van der Waals surface area contributed by atoms with Gasteiger partial charge in [0.05, 0.1) is 5.16 Å². The van der Waals surface area contributed by atoms with Gasteiger partial charge in [0.1, 0.15) is 0 Å². The molecule has 0 aliphatic heterocycles. The second kappa shape index (κ2) is 3.56. The molecule has 0 spiro atoms. The molecule has 0 amide bonds. The normalized spacial score (nSPS) is 8.50. The lowest BCUT2D eigenvalue weighted by molar-refractivity contribution is 1.27. The van der Waals surface area contributed by atoms with Gasteiger partial charge in [0, 0.05) is 10.7 Å². The number of nitrogens with zero attached hydrogens (tertiary/aromatic N) is 2. The van der Waals surface area contributed by atoms with Crippen molar-refractivity contribution < 1.29 is 0 Å². The van der Waals surface area contributed by atoms with E-state index in [0.29, 0.717) is 5.82 Å². The van der Waals surface area contributed by atoms with Crippen molar-refractivity contribution in [2.45, 2.75) is 0 Å². The van der Waals surface area contributed by atoms with Crippen molar-refractivity contribution >= 4 is 39.1 Å². The van der Waals surface area contributed by atoms with Crippen molar-refractivity contribution in [2.24, 2.45) is 4.99 Å². The Hall–Kier alpha value is -0.570. The topological polar surface area (TPSA) is 25.2 Å². The van der Waals surface area contributed by atoms with Gasteiger partial charge in [-0.05, 0) is 40.3 Å². The van der Waals surface area contributed by atoms with Crippen LogP contribution in [0.25, 0.3) is 0 Å². The van der Waals surface area contributed by atoms with E-state index >= 15 is 0 Å². The Morgan fingerprint density at radius 2 is 2.40 bits per heavy atom. The van der Waals surface area contributed by atoms with E-state index in [4.69, 9.17) is 0 Å². The van der Waals surface area contributed by atoms with Crippen LogP contribution >= 0.6 is 28.1 Å². The van der Waals surface area contributed by atoms with Crippen LogP contribution < -0.4 is 0 Å².